The summed E-state index contributed by atoms with van der Waals surface area (Å²) in [5.41, 5.74) is 1.34. The van der Waals surface area contributed by atoms with Gasteiger partial charge in [0.2, 0.25) is 5.91 Å². The number of amides is 1. The first-order valence-electron chi connectivity index (χ1n) is 7.31. The van der Waals surface area contributed by atoms with E-state index in [1.54, 1.807) is 18.2 Å². The first-order chi connectivity index (χ1) is 11.4. The molecule has 1 aromatic heterocycles. The minimum atomic E-state index is -3.14. The third-order valence-corrected chi connectivity index (χ3v) is 5.41. The van der Waals surface area contributed by atoms with E-state index in [9.17, 15) is 13.2 Å². The van der Waals surface area contributed by atoms with Crippen molar-refractivity contribution in [1.82, 2.24) is 10.5 Å². The van der Waals surface area contributed by atoms with Gasteiger partial charge in [0.15, 0.2) is 15.6 Å². The second-order valence-electron chi connectivity index (χ2n) is 5.56. The van der Waals surface area contributed by atoms with E-state index in [4.69, 9.17) is 16.1 Å². The largest absolute Gasteiger partial charge is 0.359 e. The van der Waals surface area contributed by atoms with Crippen molar-refractivity contribution in [1.29, 1.82) is 0 Å². The first-order valence-corrected chi connectivity index (χ1v) is 9.40. The molecule has 1 aliphatic heterocycles. The van der Waals surface area contributed by atoms with Gasteiger partial charge in [-0.05, 0) is 6.07 Å². The molecule has 0 radical (unpaired) electrons. The standard InChI is InChI=1S/C16H15ClN2O4S/c17-14-4-2-1-3-13(14)15-8-12(23-19-15)9-18-16(20)7-11-5-6-24(21,22)10-11/h1-6,8,11H,7,9-10H2,(H,18,20)/t11-/m1/s1. The Hall–Kier alpha value is -2.12. The Morgan fingerprint density at radius 1 is 1.38 bits per heavy atom. The SMILES string of the molecule is O=C(C[C@H]1C=CS(=O)(=O)C1)NCc1cc(-c2ccccc2Cl)no1. The molecule has 2 aromatic rings. The van der Waals surface area contributed by atoms with E-state index in [1.807, 2.05) is 18.2 Å². The van der Waals surface area contributed by atoms with Gasteiger partial charge in [0.05, 0.1) is 17.3 Å². The molecule has 0 spiro atoms. The minimum absolute atomic E-state index is 0.0145. The summed E-state index contributed by atoms with van der Waals surface area (Å²) >= 11 is 6.11. The van der Waals surface area contributed by atoms with Crippen LogP contribution >= 0.6 is 11.6 Å². The van der Waals surface area contributed by atoms with Crippen molar-refractivity contribution in [3.8, 4) is 11.3 Å². The Kier molecular flexibility index (Phi) is 4.73. The number of aromatic nitrogens is 1. The lowest BCUT2D eigenvalue weighted by atomic mass is 10.1. The van der Waals surface area contributed by atoms with Gasteiger partial charge < -0.3 is 9.84 Å². The van der Waals surface area contributed by atoms with Crippen LogP contribution in [0.2, 0.25) is 5.02 Å². The van der Waals surface area contributed by atoms with Crippen LogP contribution in [0.5, 0.6) is 0 Å². The van der Waals surface area contributed by atoms with Crippen molar-refractivity contribution in [3.05, 3.63) is 52.6 Å². The van der Waals surface area contributed by atoms with E-state index in [0.29, 0.717) is 16.5 Å². The fourth-order valence-corrected chi connectivity index (χ4v) is 4.09. The smallest absolute Gasteiger partial charge is 0.220 e. The fourth-order valence-electron chi connectivity index (χ4n) is 2.46. The van der Waals surface area contributed by atoms with Crippen molar-refractivity contribution < 1.29 is 17.7 Å². The van der Waals surface area contributed by atoms with Crippen molar-refractivity contribution in [2.45, 2.75) is 13.0 Å². The number of halogens is 1. The zero-order valence-electron chi connectivity index (χ0n) is 12.6. The lowest BCUT2D eigenvalue weighted by Crippen LogP contribution is -2.25. The van der Waals surface area contributed by atoms with Crippen molar-refractivity contribution in [3.63, 3.8) is 0 Å². The normalized spacial score (nSPS) is 18.6. The minimum Gasteiger partial charge on any atom is -0.359 e. The van der Waals surface area contributed by atoms with Crippen molar-refractivity contribution in [2.75, 3.05) is 5.75 Å². The molecule has 3 rings (SSSR count). The topological polar surface area (TPSA) is 89.3 Å². The highest BCUT2D eigenvalue weighted by molar-refractivity contribution is 7.94. The third kappa shape index (κ3) is 4.04. The van der Waals surface area contributed by atoms with Gasteiger partial charge in [0.25, 0.3) is 0 Å². The molecule has 0 unspecified atom stereocenters. The molecule has 0 saturated carbocycles. The summed E-state index contributed by atoms with van der Waals surface area (Å²) in [7, 11) is -3.14. The Balaban J connectivity index is 1.55. The van der Waals surface area contributed by atoms with E-state index >= 15 is 0 Å². The Bertz CT molecular complexity index is 889. The molecule has 0 fully saturated rings. The molecule has 1 amide bonds. The molecule has 6 nitrogen and oxygen atoms in total. The Morgan fingerprint density at radius 2 is 2.17 bits per heavy atom. The maximum atomic E-state index is 11.9. The predicted molar refractivity (Wildman–Crippen MR) is 89.8 cm³/mol. The number of sulfone groups is 1. The summed E-state index contributed by atoms with van der Waals surface area (Å²) in [6, 6.07) is 8.97. The lowest BCUT2D eigenvalue weighted by Gasteiger charge is -2.06. The molecule has 1 aliphatic rings. The third-order valence-electron chi connectivity index (χ3n) is 3.62. The summed E-state index contributed by atoms with van der Waals surface area (Å²) in [5.74, 6) is -0.0342. The summed E-state index contributed by atoms with van der Waals surface area (Å²) < 4.78 is 27.8. The van der Waals surface area contributed by atoms with E-state index in [1.165, 1.54) is 0 Å². The molecule has 1 aromatic carbocycles. The highest BCUT2D eigenvalue weighted by atomic mass is 35.5. The summed E-state index contributed by atoms with van der Waals surface area (Å²) in [5, 5.41) is 8.37. The van der Waals surface area contributed by atoms with Gasteiger partial charge in [0, 0.05) is 29.4 Å². The van der Waals surface area contributed by atoms with E-state index in [0.717, 1.165) is 11.0 Å². The second kappa shape index (κ2) is 6.78. The summed E-state index contributed by atoms with van der Waals surface area (Å²) in [6.07, 6.45) is 1.68. The maximum Gasteiger partial charge on any atom is 0.220 e. The maximum absolute atomic E-state index is 11.9. The van der Waals surface area contributed by atoms with Crippen LogP contribution in [0.3, 0.4) is 0 Å². The molecular weight excluding hydrogens is 352 g/mol. The number of carbonyl (C=O) groups is 1. The molecule has 0 bridgehead atoms. The van der Waals surface area contributed by atoms with E-state index in [2.05, 4.69) is 10.5 Å². The molecule has 8 heteroatoms. The molecule has 2 heterocycles. The fraction of sp³-hybridized carbons (Fsp3) is 0.250. The average molecular weight is 367 g/mol. The van der Waals surface area contributed by atoms with Gasteiger partial charge in [0.1, 0.15) is 5.69 Å². The van der Waals surface area contributed by atoms with Gasteiger partial charge in [-0.3, -0.25) is 4.79 Å². The number of allylic oxidation sites excluding steroid dienone is 1. The van der Waals surface area contributed by atoms with Crippen LogP contribution in [0.4, 0.5) is 0 Å². The van der Waals surface area contributed by atoms with Crippen LogP contribution in [-0.4, -0.2) is 25.2 Å². The molecule has 1 N–H and O–H groups in total. The summed E-state index contributed by atoms with van der Waals surface area (Å²) in [6.45, 7) is 0.180. The zero-order chi connectivity index (χ0) is 17.2. The monoisotopic (exact) mass is 366 g/mol. The predicted octanol–water partition coefficient (Wildman–Crippen LogP) is 2.56. The Morgan fingerprint density at radius 3 is 2.88 bits per heavy atom. The van der Waals surface area contributed by atoms with Crippen molar-refractivity contribution >= 4 is 27.3 Å². The van der Waals surface area contributed by atoms with Gasteiger partial charge >= 0.3 is 0 Å². The highest BCUT2D eigenvalue weighted by Gasteiger charge is 2.23. The average Bonchev–Trinajstić information content (AvgIpc) is 3.12. The first kappa shape index (κ1) is 16.7. The number of nitrogens with one attached hydrogen (secondary N) is 1. The number of nitrogens with zero attached hydrogens (tertiary/aromatic N) is 1. The van der Waals surface area contributed by atoms with Crippen LogP contribution < -0.4 is 5.32 Å². The highest BCUT2D eigenvalue weighted by Crippen LogP contribution is 2.27. The molecule has 0 aliphatic carbocycles. The van der Waals surface area contributed by atoms with E-state index in [-0.39, 0.29) is 30.5 Å². The molecule has 126 valence electrons. The van der Waals surface area contributed by atoms with Crippen LogP contribution in [0.15, 0.2) is 46.3 Å². The molecule has 1 atom stereocenters. The lowest BCUT2D eigenvalue weighted by molar-refractivity contribution is -0.121. The molecule has 24 heavy (non-hydrogen) atoms. The number of hydrogen-bond donors (Lipinski definition) is 1. The van der Waals surface area contributed by atoms with Crippen LogP contribution in [0.25, 0.3) is 11.3 Å². The molecule has 0 saturated heterocycles. The van der Waals surface area contributed by atoms with Crippen LogP contribution in [0.1, 0.15) is 12.2 Å². The van der Waals surface area contributed by atoms with Gasteiger partial charge in [-0.2, -0.15) is 0 Å². The zero-order valence-corrected chi connectivity index (χ0v) is 14.2. The van der Waals surface area contributed by atoms with Gasteiger partial charge in [-0.15, -0.1) is 0 Å². The Labute approximate surface area is 144 Å². The van der Waals surface area contributed by atoms with Gasteiger partial charge in [-0.25, -0.2) is 8.42 Å². The van der Waals surface area contributed by atoms with Crippen LogP contribution in [0, 0.1) is 5.92 Å². The number of hydrogen-bond acceptors (Lipinski definition) is 5. The number of benzene rings is 1. The number of carbonyl (C=O) groups excluding carboxylic acids is 1. The second-order valence-corrected chi connectivity index (χ2v) is 7.90. The quantitative estimate of drug-likeness (QED) is 0.878. The van der Waals surface area contributed by atoms with E-state index < -0.39 is 9.84 Å². The van der Waals surface area contributed by atoms with Crippen LogP contribution in [-0.2, 0) is 21.2 Å². The van der Waals surface area contributed by atoms with Gasteiger partial charge in [-0.1, -0.05) is 41.0 Å². The van der Waals surface area contributed by atoms with Crippen molar-refractivity contribution in [2.24, 2.45) is 5.92 Å². The summed E-state index contributed by atoms with van der Waals surface area (Å²) in [4.78, 5) is 11.9. The molecular formula is C16H15ClN2O4S. The number of rotatable bonds is 5.